The molecule has 2 amide bonds. The second-order valence-electron chi connectivity index (χ2n) is 7.48. The number of hydrogen-bond acceptors (Lipinski definition) is 6. The van der Waals surface area contributed by atoms with Gasteiger partial charge in [0.1, 0.15) is 6.04 Å². The molecule has 0 aliphatic heterocycles. The molecule has 12 heteroatoms. The number of rotatable bonds is 8. The average molecular weight is 459 g/mol. The van der Waals surface area contributed by atoms with Crippen LogP contribution in [0.2, 0.25) is 0 Å². The third-order valence-corrected chi connectivity index (χ3v) is 5.44. The fourth-order valence-electron chi connectivity index (χ4n) is 2.67. The number of nitrogens with one attached hydrogen (secondary N) is 3. The van der Waals surface area contributed by atoms with Crippen LogP contribution in [0.4, 0.5) is 8.78 Å². The van der Waals surface area contributed by atoms with E-state index in [2.05, 4.69) is 16.6 Å². The lowest BCUT2D eigenvalue weighted by Gasteiger charge is -2.30. The van der Waals surface area contributed by atoms with E-state index in [1.54, 1.807) is 0 Å². The Balaban J connectivity index is 2.00. The highest BCUT2D eigenvalue weighted by molar-refractivity contribution is 7.88. The van der Waals surface area contributed by atoms with Crippen LogP contribution in [0, 0.1) is 23.7 Å². The van der Waals surface area contributed by atoms with Gasteiger partial charge in [0.05, 0.1) is 6.26 Å². The van der Waals surface area contributed by atoms with Crippen LogP contribution in [0.25, 0.3) is 0 Å². The smallest absolute Gasteiger partial charge is 0.269 e. The van der Waals surface area contributed by atoms with Crippen LogP contribution in [0.3, 0.4) is 0 Å². The maximum Gasteiger partial charge on any atom is 0.269 e. The van der Waals surface area contributed by atoms with Crippen molar-refractivity contribution in [2.45, 2.75) is 31.4 Å². The highest BCUT2D eigenvalue weighted by atomic mass is 32.2. The Bertz CT molecular complexity index is 986. The van der Waals surface area contributed by atoms with Crippen LogP contribution in [0.15, 0.2) is 24.3 Å². The van der Waals surface area contributed by atoms with Gasteiger partial charge in [-0.25, -0.2) is 27.4 Å². The molecule has 31 heavy (non-hydrogen) atoms. The first-order valence-corrected chi connectivity index (χ1v) is 11.1. The largest absolute Gasteiger partial charge is 0.381 e. The molecule has 0 heterocycles. The van der Waals surface area contributed by atoms with Crippen molar-refractivity contribution in [3.8, 4) is 11.8 Å². The quantitative estimate of drug-likeness (QED) is 0.208. The predicted molar refractivity (Wildman–Crippen MR) is 106 cm³/mol. The van der Waals surface area contributed by atoms with E-state index in [9.17, 15) is 31.9 Å². The number of halogens is 2. The standard InChI is InChI=1S/C19H23F2N3O6S/c1-19(27,18(20)21)15(17(26)24-28)23-16(25)12-6-3-11(4-7-12)5-8-13-9-14(13)10-22-31(2,29)30/h3-4,6-7,13-15,18,22,27-28H,9-10H2,1-2H3,(H,23,25)(H,24,26)/t13?,14?,15-,19+/m1/s1. The average Bonchev–Trinajstić information content (AvgIpc) is 3.46. The SMILES string of the molecule is C[C@@](O)(C(F)F)[C@H](NC(=O)c1ccc(C#CC2CC2CNS(C)(=O)=O)cc1)C(=O)NO. The van der Waals surface area contributed by atoms with E-state index in [1.807, 2.05) is 5.32 Å². The predicted octanol–water partition coefficient (Wildman–Crippen LogP) is -0.157. The van der Waals surface area contributed by atoms with Gasteiger partial charge in [0.25, 0.3) is 18.2 Å². The summed E-state index contributed by atoms with van der Waals surface area (Å²) in [5.74, 6) is 3.82. The lowest BCUT2D eigenvalue weighted by Crippen LogP contribution is -2.61. The van der Waals surface area contributed by atoms with Crippen LogP contribution in [-0.4, -0.2) is 61.4 Å². The topological polar surface area (TPSA) is 145 Å². The van der Waals surface area contributed by atoms with Gasteiger partial charge in [-0.05, 0) is 43.5 Å². The van der Waals surface area contributed by atoms with E-state index in [0.29, 0.717) is 19.0 Å². The molecular weight excluding hydrogens is 436 g/mol. The molecule has 0 radical (unpaired) electrons. The van der Waals surface area contributed by atoms with Crippen LogP contribution < -0.4 is 15.5 Å². The van der Waals surface area contributed by atoms with Crippen LogP contribution in [-0.2, 0) is 14.8 Å². The summed E-state index contributed by atoms with van der Waals surface area (Å²) in [6.07, 6.45) is -1.51. The summed E-state index contributed by atoms with van der Waals surface area (Å²) in [6, 6.07) is 3.65. The monoisotopic (exact) mass is 459 g/mol. The van der Waals surface area contributed by atoms with Crippen LogP contribution >= 0.6 is 0 Å². The molecule has 2 rings (SSSR count). The Morgan fingerprint density at radius 1 is 1.29 bits per heavy atom. The van der Waals surface area contributed by atoms with Crippen molar-refractivity contribution in [3.63, 3.8) is 0 Å². The normalized spacial score (nSPS) is 20.7. The van der Waals surface area contributed by atoms with E-state index in [1.165, 1.54) is 24.3 Å². The third kappa shape index (κ3) is 6.96. The maximum absolute atomic E-state index is 13.0. The van der Waals surface area contributed by atoms with Crippen molar-refractivity contribution in [2.75, 3.05) is 12.8 Å². The molecule has 1 aliphatic rings. The summed E-state index contributed by atoms with van der Waals surface area (Å²) >= 11 is 0. The fourth-order valence-corrected chi connectivity index (χ4v) is 3.19. The Morgan fingerprint density at radius 3 is 2.42 bits per heavy atom. The Hall–Kier alpha value is -2.59. The van der Waals surface area contributed by atoms with Crippen molar-refractivity contribution in [3.05, 3.63) is 35.4 Å². The first-order chi connectivity index (χ1) is 14.3. The van der Waals surface area contributed by atoms with Gasteiger partial charge in [0.2, 0.25) is 10.0 Å². The molecule has 0 aromatic heterocycles. The zero-order valence-corrected chi connectivity index (χ0v) is 17.5. The van der Waals surface area contributed by atoms with Gasteiger partial charge in [-0.2, -0.15) is 0 Å². The van der Waals surface area contributed by atoms with Crippen molar-refractivity contribution in [2.24, 2.45) is 11.8 Å². The van der Waals surface area contributed by atoms with Gasteiger partial charge in [-0.3, -0.25) is 14.8 Å². The molecule has 5 N–H and O–H groups in total. The van der Waals surface area contributed by atoms with Gasteiger partial charge >= 0.3 is 0 Å². The molecule has 1 aromatic rings. The number of aliphatic hydroxyl groups is 1. The van der Waals surface area contributed by atoms with E-state index in [0.717, 1.165) is 18.2 Å². The molecule has 9 nitrogen and oxygen atoms in total. The summed E-state index contributed by atoms with van der Waals surface area (Å²) in [4.78, 5) is 23.9. The second kappa shape index (κ2) is 9.69. The van der Waals surface area contributed by atoms with Crippen molar-refractivity contribution < 1.29 is 37.1 Å². The second-order valence-corrected chi connectivity index (χ2v) is 9.31. The van der Waals surface area contributed by atoms with Gasteiger partial charge in [0, 0.05) is 23.6 Å². The highest BCUT2D eigenvalue weighted by Gasteiger charge is 2.46. The van der Waals surface area contributed by atoms with Gasteiger partial charge in [-0.1, -0.05) is 11.8 Å². The summed E-state index contributed by atoms with van der Waals surface area (Å²) in [5, 5.41) is 20.5. The van der Waals surface area contributed by atoms with Gasteiger partial charge in [-0.15, -0.1) is 0 Å². The number of alkyl halides is 2. The lowest BCUT2D eigenvalue weighted by molar-refractivity contribution is -0.149. The molecule has 0 bridgehead atoms. The molecule has 1 saturated carbocycles. The van der Waals surface area contributed by atoms with Crippen molar-refractivity contribution in [1.82, 2.24) is 15.5 Å². The van der Waals surface area contributed by atoms with Crippen molar-refractivity contribution in [1.29, 1.82) is 0 Å². The molecule has 2 unspecified atom stereocenters. The van der Waals surface area contributed by atoms with Gasteiger partial charge in [0.15, 0.2) is 5.60 Å². The van der Waals surface area contributed by atoms with E-state index in [-0.39, 0.29) is 17.4 Å². The van der Waals surface area contributed by atoms with Crippen LogP contribution in [0.1, 0.15) is 29.3 Å². The third-order valence-electron chi connectivity index (χ3n) is 4.75. The zero-order chi connectivity index (χ0) is 23.4. The first-order valence-electron chi connectivity index (χ1n) is 9.16. The summed E-state index contributed by atoms with van der Waals surface area (Å²) in [5.41, 5.74) is -1.18. The number of carbonyl (C=O) groups excluding carboxylic acids is 2. The Labute approximate surface area is 178 Å². The molecule has 1 aromatic carbocycles. The van der Waals surface area contributed by atoms with Gasteiger partial charge < -0.3 is 10.4 Å². The molecule has 0 saturated heterocycles. The molecule has 1 aliphatic carbocycles. The first kappa shape index (κ1) is 24.7. The molecule has 0 spiro atoms. The van der Waals surface area contributed by atoms with Crippen LogP contribution in [0.5, 0.6) is 0 Å². The lowest BCUT2D eigenvalue weighted by atomic mass is 9.95. The number of carbonyl (C=O) groups is 2. The Kier molecular flexibility index (Phi) is 7.72. The van der Waals surface area contributed by atoms with E-state index >= 15 is 0 Å². The van der Waals surface area contributed by atoms with E-state index < -0.39 is 39.9 Å². The minimum atomic E-state index is -3.37. The molecule has 4 atom stereocenters. The summed E-state index contributed by atoms with van der Waals surface area (Å²) in [6.45, 7) is 0.982. The molecule has 170 valence electrons. The number of sulfonamides is 1. The maximum atomic E-state index is 13.0. The summed E-state index contributed by atoms with van der Waals surface area (Å²) < 4.78 is 50.7. The molecular formula is C19H23F2N3O6S. The van der Waals surface area contributed by atoms with E-state index in [4.69, 9.17) is 5.21 Å². The Morgan fingerprint density at radius 2 is 1.90 bits per heavy atom. The zero-order valence-electron chi connectivity index (χ0n) is 16.7. The number of hydrogen-bond donors (Lipinski definition) is 5. The highest BCUT2D eigenvalue weighted by Crippen LogP contribution is 2.37. The molecule has 1 fully saturated rings. The number of hydroxylamine groups is 1. The minimum Gasteiger partial charge on any atom is -0.381 e. The number of amides is 2. The minimum absolute atomic E-state index is 0.0213. The number of benzene rings is 1. The summed E-state index contributed by atoms with van der Waals surface area (Å²) in [7, 11) is -3.24. The van der Waals surface area contributed by atoms with Crippen molar-refractivity contribution >= 4 is 21.8 Å². The fraction of sp³-hybridized carbons (Fsp3) is 0.474.